The van der Waals surface area contributed by atoms with Crippen molar-refractivity contribution in [2.75, 3.05) is 0 Å². The number of rotatable bonds is 1. The number of benzene rings is 1. The smallest absolute Gasteiger partial charge is 0.124 e. The highest BCUT2D eigenvalue weighted by Gasteiger charge is 1.97. The Morgan fingerprint density at radius 1 is 1.50 bits per heavy atom. The largest absolute Gasteiger partial charge is 0.207 e. The zero-order valence-corrected chi connectivity index (χ0v) is 6.03. The summed E-state index contributed by atoms with van der Waals surface area (Å²) < 4.78 is 12.4. The van der Waals surface area contributed by atoms with Gasteiger partial charge in [0.1, 0.15) is 5.82 Å². The molecule has 0 amide bonds. The van der Waals surface area contributed by atoms with Crippen LogP contribution in [-0.2, 0) is 6.32 Å². The summed E-state index contributed by atoms with van der Waals surface area (Å²) >= 11 is 5.61. The molecule has 0 saturated heterocycles. The van der Waals surface area contributed by atoms with E-state index in [4.69, 9.17) is 19.4 Å². The first-order valence-corrected chi connectivity index (χ1v) is 3.26. The molecule has 0 nitrogen and oxygen atoms in total. The van der Waals surface area contributed by atoms with Crippen molar-refractivity contribution in [3.05, 3.63) is 34.6 Å². The minimum absolute atomic E-state index is 0.331. The summed E-state index contributed by atoms with van der Waals surface area (Å²) in [7, 11) is 5.29. The maximum Gasteiger partial charge on any atom is 0.124 e. The second kappa shape index (κ2) is 3.06. The molecule has 0 fully saturated rings. The predicted octanol–water partition coefficient (Wildman–Crippen LogP) is 2.15. The topological polar surface area (TPSA) is 0 Å². The van der Waals surface area contributed by atoms with Crippen LogP contribution in [0, 0.1) is 5.82 Å². The number of halogens is 2. The van der Waals surface area contributed by atoms with Gasteiger partial charge in [-0.15, -0.1) is 0 Å². The Hall–Kier alpha value is -0.495. The molecule has 1 rings (SSSR count). The second-order valence-electron chi connectivity index (χ2n) is 1.94. The van der Waals surface area contributed by atoms with Gasteiger partial charge in [-0.2, -0.15) is 0 Å². The van der Waals surface area contributed by atoms with Gasteiger partial charge in [0, 0.05) is 5.02 Å². The van der Waals surface area contributed by atoms with Crippen LogP contribution in [0.15, 0.2) is 18.2 Å². The molecule has 0 atom stereocenters. The molecule has 50 valence electrons. The van der Waals surface area contributed by atoms with E-state index in [1.54, 1.807) is 6.07 Å². The van der Waals surface area contributed by atoms with E-state index in [9.17, 15) is 4.39 Å². The zero-order valence-electron chi connectivity index (χ0n) is 5.27. The third-order valence-electron chi connectivity index (χ3n) is 1.24. The van der Waals surface area contributed by atoms with Gasteiger partial charge in [-0.1, -0.05) is 24.0 Å². The van der Waals surface area contributed by atoms with E-state index in [-0.39, 0.29) is 5.82 Å². The SMILES string of the molecule is [B]Cc1ccc(F)cc1Cl. The van der Waals surface area contributed by atoms with Crippen LogP contribution in [0.1, 0.15) is 5.56 Å². The van der Waals surface area contributed by atoms with E-state index in [0.29, 0.717) is 11.3 Å². The molecule has 0 unspecified atom stereocenters. The Kier molecular flexibility index (Phi) is 2.33. The Morgan fingerprint density at radius 2 is 2.20 bits per heavy atom. The van der Waals surface area contributed by atoms with Crippen LogP contribution in [-0.4, -0.2) is 7.85 Å². The van der Waals surface area contributed by atoms with Gasteiger partial charge < -0.3 is 0 Å². The number of hydrogen-bond acceptors (Lipinski definition) is 0. The average molecular weight is 154 g/mol. The van der Waals surface area contributed by atoms with E-state index in [2.05, 4.69) is 0 Å². The van der Waals surface area contributed by atoms with Crippen molar-refractivity contribution in [1.82, 2.24) is 0 Å². The van der Waals surface area contributed by atoms with Gasteiger partial charge in [-0.3, -0.25) is 0 Å². The minimum Gasteiger partial charge on any atom is -0.207 e. The summed E-state index contributed by atoms with van der Waals surface area (Å²) in [5, 5.41) is 0.391. The maximum absolute atomic E-state index is 12.4. The molecule has 0 aliphatic carbocycles. The molecule has 0 aliphatic rings. The molecular formula is C7H5BClF. The normalized spacial score (nSPS) is 9.80. The fraction of sp³-hybridized carbons (Fsp3) is 0.143. The van der Waals surface area contributed by atoms with Crippen LogP contribution in [0.2, 0.25) is 5.02 Å². The molecule has 0 heterocycles. The molecule has 3 heteroatoms. The van der Waals surface area contributed by atoms with Crippen LogP contribution >= 0.6 is 11.6 Å². The first kappa shape index (κ1) is 7.61. The summed E-state index contributed by atoms with van der Waals surface area (Å²) in [6.07, 6.45) is 0.346. The van der Waals surface area contributed by atoms with Gasteiger partial charge >= 0.3 is 0 Å². The molecule has 0 aromatic heterocycles. The fourth-order valence-corrected chi connectivity index (χ4v) is 0.932. The Morgan fingerprint density at radius 3 is 2.70 bits per heavy atom. The third-order valence-corrected chi connectivity index (χ3v) is 1.59. The molecule has 1 aromatic rings. The van der Waals surface area contributed by atoms with Gasteiger partial charge in [0.25, 0.3) is 0 Å². The molecular weight excluding hydrogens is 149 g/mol. The number of hydrogen-bond donors (Lipinski definition) is 0. The highest BCUT2D eigenvalue weighted by molar-refractivity contribution is 6.31. The van der Waals surface area contributed by atoms with Crippen molar-refractivity contribution in [2.45, 2.75) is 6.32 Å². The summed E-state index contributed by atoms with van der Waals surface area (Å²) in [5.41, 5.74) is 0.767. The molecule has 0 aliphatic heterocycles. The fourth-order valence-electron chi connectivity index (χ4n) is 0.687. The van der Waals surface area contributed by atoms with Gasteiger partial charge in [0.05, 0.1) is 7.85 Å². The van der Waals surface area contributed by atoms with Gasteiger partial charge in [0.2, 0.25) is 0 Å². The van der Waals surface area contributed by atoms with Crippen LogP contribution in [0.25, 0.3) is 0 Å². The molecule has 2 radical (unpaired) electrons. The Balaban J connectivity index is 3.07. The molecule has 0 N–H and O–H groups in total. The summed E-state index contributed by atoms with van der Waals surface area (Å²) in [5.74, 6) is -0.331. The van der Waals surface area contributed by atoms with Crippen LogP contribution in [0.5, 0.6) is 0 Å². The van der Waals surface area contributed by atoms with Crippen LogP contribution in [0.4, 0.5) is 4.39 Å². The lowest BCUT2D eigenvalue weighted by molar-refractivity contribution is 0.627. The molecule has 0 bridgehead atoms. The van der Waals surface area contributed by atoms with Crippen molar-refractivity contribution in [2.24, 2.45) is 0 Å². The lowest BCUT2D eigenvalue weighted by Gasteiger charge is -1.98. The van der Waals surface area contributed by atoms with Gasteiger partial charge in [-0.25, -0.2) is 4.39 Å². The lowest BCUT2D eigenvalue weighted by atomic mass is 9.97. The average Bonchev–Trinajstić information content (AvgIpc) is 1.88. The maximum atomic E-state index is 12.4. The molecule has 10 heavy (non-hydrogen) atoms. The van der Waals surface area contributed by atoms with Crippen LogP contribution < -0.4 is 0 Å². The van der Waals surface area contributed by atoms with Crippen molar-refractivity contribution < 1.29 is 4.39 Å². The minimum atomic E-state index is -0.331. The summed E-state index contributed by atoms with van der Waals surface area (Å²) in [4.78, 5) is 0. The van der Waals surface area contributed by atoms with Crippen molar-refractivity contribution >= 4 is 19.4 Å². The monoisotopic (exact) mass is 154 g/mol. The molecule has 1 aromatic carbocycles. The first-order chi connectivity index (χ1) is 4.74. The molecule has 0 spiro atoms. The van der Waals surface area contributed by atoms with Crippen molar-refractivity contribution in [3.8, 4) is 0 Å². The predicted molar refractivity (Wildman–Crippen MR) is 40.9 cm³/mol. The van der Waals surface area contributed by atoms with Crippen molar-refractivity contribution in [3.63, 3.8) is 0 Å². The summed E-state index contributed by atoms with van der Waals surface area (Å²) in [6.45, 7) is 0. The highest BCUT2D eigenvalue weighted by atomic mass is 35.5. The third kappa shape index (κ3) is 1.51. The van der Waals surface area contributed by atoms with Crippen molar-refractivity contribution in [1.29, 1.82) is 0 Å². The first-order valence-electron chi connectivity index (χ1n) is 2.88. The molecule has 0 saturated carbocycles. The standard InChI is InChI=1S/C7H5BClF/c8-4-5-1-2-6(10)3-7(5)9/h1-3H,4H2. The quantitative estimate of drug-likeness (QED) is 0.544. The highest BCUT2D eigenvalue weighted by Crippen LogP contribution is 2.16. The second-order valence-corrected chi connectivity index (χ2v) is 2.35. The van der Waals surface area contributed by atoms with Gasteiger partial charge in [-0.05, 0) is 17.7 Å². The van der Waals surface area contributed by atoms with E-state index in [0.717, 1.165) is 5.56 Å². The van der Waals surface area contributed by atoms with Gasteiger partial charge in [0.15, 0.2) is 0 Å². The van der Waals surface area contributed by atoms with Crippen LogP contribution in [0.3, 0.4) is 0 Å². The van der Waals surface area contributed by atoms with E-state index in [1.165, 1.54) is 12.1 Å². The summed E-state index contributed by atoms with van der Waals surface area (Å²) in [6, 6.07) is 4.18. The Labute approximate surface area is 65.4 Å². The lowest BCUT2D eigenvalue weighted by Crippen LogP contribution is -1.85. The van der Waals surface area contributed by atoms with E-state index >= 15 is 0 Å². The zero-order chi connectivity index (χ0) is 7.56. The van der Waals surface area contributed by atoms with E-state index < -0.39 is 0 Å². The van der Waals surface area contributed by atoms with E-state index in [1.807, 2.05) is 0 Å². The Bertz CT molecular complexity index is 237.